The van der Waals surface area contributed by atoms with Gasteiger partial charge in [-0.05, 0) is 25.7 Å². The highest BCUT2D eigenvalue weighted by molar-refractivity contribution is 5.27. The molecule has 2 rings (SSSR count). The van der Waals surface area contributed by atoms with Gasteiger partial charge in [0.15, 0.2) is 0 Å². The van der Waals surface area contributed by atoms with Gasteiger partial charge in [-0.15, -0.1) is 0 Å². The Hall–Kier alpha value is -0.990. The summed E-state index contributed by atoms with van der Waals surface area (Å²) in [7, 11) is 0. The topological polar surface area (TPSA) is 40.7 Å². The number of hydrogen-bond acceptors (Lipinski definition) is 2. The number of anilines is 1. The second-order valence-corrected chi connectivity index (χ2v) is 4.78. The monoisotopic (exact) mass is 207 g/mol. The highest BCUT2D eigenvalue weighted by Gasteiger charge is 2.20. The third-order valence-corrected chi connectivity index (χ3v) is 3.39. The molecule has 0 aromatic carbocycles. The maximum Gasteiger partial charge on any atom is 0.200 e. The van der Waals surface area contributed by atoms with Crippen molar-refractivity contribution in [2.24, 2.45) is 5.92 Å². The Labute approximate surface area is 91.7 Å². The van der Waals surface area contributed by atoms with E-state index in [4.69, 9.17) is 0 Å². The Bertz CT molecular complexity index is 306. The van der Waals surface area contributed by atoms with Crippen molar-refractivity contribution in [3.8, 4) is 0 Å². The highest BCUT2D eigenvalue weighted by atomic mass is 15.1. The number of imidazole rings is 1. The van der Waals surface area contributed by atoms with E-state index in [1.807, 2.05) is 13.1 Å². The van der Waals surface area contributed by atoms with Crippen LogP contribution in [-0.2, 0) is 0 Å². The summed E-state index contributed by atoms with van der Waals surface area (Å²) in [6.07, 6.45) is 8.62. The maximum atomic E-state index is 4.31. The normalized spacial score (nSPS) is 27.3. The van der Waals surface area contributed by atoms with Crippen LogP contribution in [0.4, 0.5) is 5.95 Å². The first kappa shape index (κ1) is 10.5. The first-order valence-electron chi connectivity index (χ1n) is 6.04. The number of nitrogens with zero attached hydrogens (tertiary/aromatic N) is 1. The van der Waals surface area contributed by atoms with Crippen molar-refractivity contribution in [1.29, 1.82) is 0 Å². The lowest BCUT2D eigenvalue weighted by Crippen LogP contribution is -2.26. The van der Waals surface area contributed by atoms with E-state index in [1.54, 1.807) is 0 Å². The molecular formula is C12H21N3. The molecule has 0 aliphatic heterocycles. The van der Waals surface area contributed by atoms with E-state index in [0.717, 1.165) is 17.6 Å². The third-order valence-electron chi connectivity index (χ3n) is 3.39. The zero-order valence-electron chi connectivity index (χ0n) is 9.71. The Kier molecular flexibility index (Phi) is 3.29. The Balaban J connectivity index is 1.97. The molecule has 0 bridgehead atoms. The number of H-pyrrole nitrogens is 1. The highest BCUT2D eigenvalue weighted by Crippen LogP contribution is 2.25. The van der Waals surface area contributed by atoms with Crippen LogP contribution in [0.3, 0.4) is 0 Å². The molecule has 2 atom stereocenters. The van der Waals surface area contributed by atoms with Crippen molar-refractivity contribution in [3.05, 3.63) is 11.9 Å². The molecule has 1 aromatic heterocycles. The van der Waals surface area contributed by atoms with Gasteiger partial charge in [0.1, 0.15) is 0 Å². The summed E-state index contributed by atoms with van der Waals surface area (Å²) in [6, 6.07) is 0.595. The number of hydrogen-bond donors (Lipinski definition) is 2. The molecule has 1 saturated carbocycles. The van der Waals surface area contributed by atoms with Crippen LogP contribution < -0.4 is 5.32 Å². The third kappa shape index (κ3) is 2.74. The van der Waals surface area contributed by atoms with Crippen LogP contribution in [-0.4, -0.2) is 16.0 Å². The van der Waals surface area contributed by atoms with Crippen molar-refractivity contribution in [2.45, 2.75) is 52.0 Å². The second kappa shape index (κ2) is 4.69. The first-order valence-corrected chi connectivity index (χ1v) is 6.04. The Morgan fingerprint density at radius 2 is 2.13 bits per heavy atom. The second-order valence-electron chi connectivity index (χ2n) is 4.78. The van der Waals surface area contributed by atoms with Crippen molar-refractivity contribution in [3.63, 3.8) is 0 Å². The van der Waals surface area contributed by atoms with Gasteiger partial charge < -0.3 is 10.3 Å². The summed E-state index contributed by atoms with van der Waals surface area (Å²) >= 11 is 0. The fourth-order valence-electron chi connectivity index (χ4n) is 2.37. The molecular weight excluding hydrogens is 186 g/mol. The van der Waals surface area contributed by atoms with Gasteiger partial charge >= 0.3 is 0 Å². The molecule has 1 heterocycles. The lowest BCUT2D eigenvalue weighted by Gasteiger charge is -2.22. The van der Waals surface area contributed by atoms with Gasteiger partial charge in [0, 0.05) is 17.9 Å². The molecule has 0 spiro atoms. The van der Waals surface area contributed by atoms with Gasteiger partial charge in [0.2, 0.25) is 5.95 Å². The number of rotatable bonds is 2. The van der Waals surface area contributed by atoms with Gasteiger partial charge in [0.05, 0.1) is 0 Å². The van der Waals surface area contributed by atoms with Gasteiger partial charge in [-0.2, -0.15) is 0 Å². The van der Waals surface area contributed by atoms with Crippen LogP contribution in [0.15, 0.2) is 6.20 Å². The maximum absolute atomic E-state index is 4.31. The zero-order chi connectivity index (χ0) is 10.7. The average Bonchev–Trinajstić information content (AvgIpc) is 2.50. The molecule has 1 aliphatic rings. The van der Waals surface area contributed by atoms with Crippen LogP contribution in [0.25, 0.3) is 0 Å². The lowest BCUT2D eigenvalue weighted by atomic mass is 9.97. The molecule has 0 radical (unpaired) electrons. The van der Waals surface area contributed by atoms with E-state index in [-0.39, 0.29) is 0 Å². The van der Waals surface area contributed by atoms with Gasteiger partial charge in [0.25, 0.3) is 0 Å². The summed E-state index contributed by atoms with van der Waals surface area (Å²) in [5, 5.41) is 3.52. The molecule has 84 valence electrons. The van der Waals surface area contributed by atoms with Crippen LogP contribution in [0.5, 0.6) is 0 Å². The Morgan fingerprint density at radius 3 is 2.87 bits per heavy atom. The molecule has 1 fully saturated rings. The van der Waals surface area contributed by atoms with Gasteiger partial charge in [-0.25, -0.2) is 4.98 Å². The summed E-state index contributed by atoms with van der Waals surface area (Å²) in [6.45, 7) is 4.38. The largest absolute Gasteiger partial charge is 0.353 e. The first-order chi connectivity index (χ1) is 7.25. The molecule has 1 aromatic rings. The minimum atomic E-state index is 0.595. The lowest BCUT2D eigenvalue weighted by molar-refractivity contribution is 0.455. The fraction of sp³-hybridized carbons (Fsp3) is 0.750. The molecule has 3 heteroatoms. The Morgan fingerprint density at radius 1 is 1.33 bits per heavy atom. The molecule has 15 heavy (non-hydrogen) atoms. The van der Waals surface area contributed by atoms with Gasteiger partial charge in [-0.3, -0.25) is 0 Å². The van der Waals surface area contributed by atoms with Crippen LogP contribution in [0, 0.1) is 12.8 Å². The molecule has 0 amide bonds. The standard InChI is InChI=1S/C12H21N3/c1-9-6-4-3-5-7-11(9)15-12-13-8-10(2)14-12/h8-9,11H,3-7H2,1-2H3,(H2,13,14,15). The van der Waals surface area contributed by atoms with E-state index in [9.17, 15) is 0 Å². The molecule has 3 nitrogen and oxygen atoms in total. The summed E-state index contributed by atoms with van der Waals surface area (Å²) in [4.78, 5) is 7.55. The van der Waals surface area contributed by atoms with Crippen molar-refractivity contribution in [1.82, 2.24) is 9.97 Å². The van der Waals surface area contributed by atoms with Crippen LogP contribution in [0.1, 0.15) is 44.7 Å². The van der Waals surface area contributed by atoms with Gasteiger partial charge in [-0.1, -0.05) is 26.2 Å². The summed E-state index contributed by atoms with van der Waals surface area (Å²) in [5.41, 5.74) is 1.12. The van der Waals surface area contributed by atoms with Crippen molar-refractivity contribution < 1.29 is 0 Å². The fourth-order valence-corrected chi connectivity index (χ4v) is 2.37. The number of nitrogens with one attached hydrogen (secondary N) is 2. The number of aryl methyl sites for hydroxylation is 1. The zero-order valence-corrected chi connectivity index (χ0v) is 9.71. The number of aromatic amines is 1. The predicted octanol–water partition coefficient (Wildman–Crippen LogP) is 3.10. The molecule has 2 N–H and O–H groups in total. The SMILES string of the molecule is Cc1cnc(NC2CCCCCC2C)[nH]1. The predicted molar refractivity (Wildman–Crippen MR) is 63.0 cm³/mol. The van der Waals surface area contributed by atoms with E-state index in [0.29, 0.717) is 6.04 Å². The minimum absolute atomic E-state index is 0.595. The quantitative estimate of drug-likeness (QED) is 0.732. The van der Waals surface area contributed by atoms with Crippen molar-refractivity contribution in [2.75, 3.05) is 5.32 Å². The minimum Gasteiger partial charge on any atom is -0.353 e. The molecule has 0 saturated heterocycles. The molecule has 2 unspecified atom stereocenters. The van der Waals surface area contributed by atoms with E-state index < -0.39 is 0 Å². The molecule has 1 aliphatic carbocycles. The van der Waals surface area contributed by atoms with Crippen molar-refractivity contribution >= 4 is 5.95 Å². The summed E-state index contributed by atoms with van der Waals surface area (Å²) in [5.74, 6) is 1.70. The van der Waals surface area contributed by atoms with E-state index in [1.165, 1.54) is 32.1 Å². The van der Waals surface area contributed by atoms with Crippen LogP contribution in [0.2, 0.25) is 0 Å². The summed E-state index contributed by atoms with van der Waals surface area (Å²) < 4.78 is 0. The number of aromatic nitrogens is 2. The smallest absolute Gasteiger partial charge is 0.200 e. The van der Waals surface area contributed by atoms with E-state index in [2.05, 4.69) is 22.2 Å². The van der Waals surface area contributed by atoms with E-state index >= 15 is 0 Å². The average molecular weight is 207 g/mol. The van der Waals surface area contributed by atoms with Crippen LogP contribution >= 0.6 is 0 Å².